The largest absolute Gasteiger partial charge is 0.456 e. The van der Waals surface area contributed by atoms with Crippen LogP contribution in [0, 0.1) is 0 Å². The summed E-state index contributed by atoms with van der Waals surface area (Å²) in [6, 6.07) is 57.9. The summed E-state index contributed by atoms with van der Waals surface area (Å²) in [6.45, 7) is 0. The number of benzene rings is 7. The van der Waals surface area contributed by atoms with Crippen molar-refractivity contribution < 1.29 is 4.42 Å². The molecular formula is C46H28N6O. The summed E-state index contributed by atoms with van der Waals surface area (Å²) in [5.74, 6) is 2.56. The quantitative estimate of drug-likeness (QED) is 0.181. The number of hydrogen-bond acceptors (Lipinski definition) is 5. The smallest absolute Gasteiger partial charge is 0.238 e. The minimum atomic E-state index is 0.549. The molecule has 7 heteroatoms. The fourth-order valence-corrected chi connectivity index (χ4v) is 7.65. The lowest BCUT2D eigenvalue weighted by Crippen LogP contribution is -2.06. The highest BCUT2D eigenvalue weighted by Gasteiger charge is 2.22. The first-order valence-electron chi connectivity index (χ1n) is 17.6. The monoisotopic (exact) mass is 680 g/mol. The maximum absolute atomic E-state index is 6.51. The van der Waals surface area contributed by atoms with Crippen molar-refractivity contribution in [2.75, 3.05) is 0 Å². The summed E-state index contributed by atoms with van der Waals surface area (Å²) < 4.78 is 10.9. The van der Waals surface area contributed by atoms with E-state index in [2.05, 4.69) is 118 Å². The van der Waals surface area contributed by atoms with E-state index < -0.39 is 0 Å². The number of rotatable bonds is 5. The average Bonchev–Trinajstić information content (AvgIpc) is 3.91. The molecule has 248 valence electrons. The first-order valence-corrected chi connectivity index (χ1v) is 17.6. The second-order valence-electron chi connectivity index (χ2n) is 13.1. The Balaban J connectivity index is 1.17. The molecule has 7 aromatic carbocycles. The minimum absolute atomic E-state index is 0.549. The summed E-state index contributed by atoms with van der Waals surface area (Å²) in [5.41, 5.74) is 9.35. The van der Waals surface area contributed by atoms with Crippen LogP contribution < -0.4 is 0 Å². The van der Waals surface area contributed by atoms with Gasteiger partial charge in [-0.15, -0.1) is 0 Å². The van der Waals surface area contributed by atoms with Gasteiger partial charge in [0.1, 0.15) is 17.0 Å². The van der Waals surface area contributed by atoms with E-state index >= 15 is 0 Å². The van der Waals surface area contributed by atoms with Crippen LogP contribution in [-0.2, 0) is 0 Å². The van der Waals surface area contributed by atoms with Crippen molar-refractivity contribution in [3.8, 4) is 45.8 Å². The van der Waals surface area contributed by atoms with E-state index in [-0.39, 0.29) is 0 Å². The SMILES string of the molecule is c1ccc(-c2nc(-c3cccc4oc5ccc(-c6nc7ccccc7n6-c6ccccc6)cc5c34)nc(-n3c4ccccc4c4ccccc43)n2)cc1. The summed E-state index contributed by atoms with van der Waals surface area (Å²) in [7, 11) is 0. The van der Waals surface area contributed by atoms with Crippen molar-refractivity contribution in [2.24, 2.45) is 0 Å². The molecule has 53 heavy (non-hydrogen) atoms. The molecule has 7 nitrogen and oxygen atoms in total. The Hall–Kier alpha value is -7.38. The minimum Gasteiger partial charge on any atom is -0.456 e. The number of hydrogen-bond donors (Lipinski definition) is 0. The molecule has 11 aromatic rings. The lowest BCUT2D eigenvalue weighted by Gasteiger charge is -2.11. The number of para-hydroxylation sites is 5. The van der Waals surface area contributed by atoms with E-state index in [1.807, 2.05) is 60.7 Å². The van der Waals surface area contributed by atoms with Crippen LogP contribution in [0.5, 0.6) is 0 Å². The Bertz CT molecular complexity index is 3120. The van der Waals surface area contributed by atoms with E-state index in [9.17, 15) is 0 Å². The second kappa shape index (κ2) is 11.6. The van der Waals surface area contributed by atoms with Gasteiger partial charge in [-0.25, -0.2) is 9.97 Å². The molecule has 0 N–H and O–H groups in total. The van der Waals surface area contributed by atoms with Gasteiger partial charge in [-0.1, -0.05) is 109 Å². The Kier molecular flexibility index (Phi) is 6.42. The Labute approximate surface area is 303 Å². The third kappa shape index (κ3) is 4.61. The first kappa shape index (κ1) is 29.4. The number of imidazole rings is 1. The average molecular weight is 681 g/mol. The van der Waals surface area contributed by atoms with E-state index in [4.69, 9.17) is 24.4 Å². The summed E-state index contributed by atoms with van der Waals surface area (Å²) in [5, 5.41) is 4.18. The van der Waals surface area contributed by atoms with Crippen LogP contribution in [0.4, 0.5) is 0 Å². The predicted octanol–water partition coefficient (Wildman–Crippen LogP) is 11.2. The van der Waals surface area contributed by atoms with Gasteiger partial charge in [0.05, 0.1) is 22.1 Å². The fraction of sp³-hybridized carbons (Fsp3) is 0. The van der Waals surface area contributed by atoms with Crippen LogP contribution in [0.15, 0.2) is 174 Å². The standard InChI is InChI=1S/C46H28N6O/c1-3-14-29(15-4-1)43-48-44(50-46(49-43)52-37-22-10-7-18-32(37)33-19-8-11-23-38(33)52)34-20-13-25-41-42(34)35-28-30(26-27-40(35)53-41)45-47-36-21-9-12-24-39(36)51(45)31-16-5-2-6-17-31/h1-28H. The van der Waals surface area contributed by atoms with Crippen molar-refractivity contribution >= 4 is 54.8 Å². The van der Waals surface area contributed by atoms with Gasteiger partial charge >= 0.3 is 0 Å². The molecule has 0 spiro atoms. The Morgan fingerprint density at radius 3 is 1.85 bits per heavy atom. The molecule has 0 radical (unpaired) electrons. The number of aromatic nitrogens is 6. The Morgan fingerprint density at radius 2 is 1.08 bits per heavy atom. The predicted molar refractivity (Wildman–Crippen MR) is 212 cm³/mol. The van der Waals surface area contributed by atoms with E-state index in [1.54, 1.807) is 0 Å². The van der Waals surface area contributed by atoms with Crippen molar-refractivity contribution in [3.63, 3.8) is 0 Å². The molecule has 0 unspecified atom stereocenters. The molecule has 0 saturated carbocycles. The van der Waals surface area contributed by atoms with Gasteiger partial charge in [-0.3, -0.25) is 9.13 Å². The molecule has 0 amide bonds. The van der Waals surface area contributed by atoms with Crippen molar-refractivity contribution in [2.45, 2.75) is 0 Å². The maximum atomic E-state index is 6.51. The molecule has 0 atom stereocenters. The number of furan rings is 1. The molecule has 0 aliphatic heterocycles. The Morgan fingerprint density at radius 1 is 0.415 bits per heavy atom. The third-order valence-electron chi connectivity index (χ3n) is 10.0. The van der Waals surface area contributed by atoms with E-state index in [0.717, 1.165) is 83.0 Å². The zero-order valence-electron chi connectivity index (χ0n) is 28.3. The molecule has 0 saturated heterocycles. The highest BCUT2D eigenvalue weighted by atomic mass is 16.3. The molecule has 4 aromatic heterocycles. The van der Waals surface area contributed by atoms with Gasteiger partial charge in [-0.05, 0) is 60.7 Å². The molecule has 4 heterocycles. The lowest BCUT2D eigenvalue weighted by atomic mass is 10.0. The van der Waals surface area contributed by atoms with E-state index in [1.165, 1.54) is 0 Å². The number of nitrogens with zero attached hydrogens (tertiary/aromatic N) is 6. The zero-order valence-corrected chi connectivity index (χ0v) is 28.3. The van der Waals surface area contributed by atoms with Crippen LogP contribution in [-0.4, -0.2) is 29.1 Å². The highest BCUT2D eigenvalue weighted by molar-refractivity contribution is 6.13. The summed E-state index contributed by atoms with van der Waals surface area (Å²) >= 11 is 0. The molecule has 0 aliphatic rings. The lowest BCUT2D eigenvalue weighted by molar-refractivity contribution is 0.669. The number of fused-ring (bicyclic) bond motifs is 7. The third-order valence-corrected chi connectivity index (χ3v) is 10.0. The summed E-state index contributed by atoms with van der Waals surface area (Å²) in [4.78, 5) is 20.7. The molecule has 0 bridgehead atoms. The molecule has 0 fully saturated rings. The molecular weight excluding hydrogens is 653 g/mol. The van der Waals surface area contributed by atoms with Crippen molar-refractivity contribution in [3.05, 3.63) is 170 Å². The van der Waals surface area contributed by atoms with Gasteiger partial charge in [0.2, 0.25) is 5.95 Å². The van der Waals surface area contributed by atoms with Crippen LogP contribution >= 0.6 is 0 Å². The molecule has 0 aliphatic carbocycles. The van der Waals surface area contributed by atoms with Gasteiger partial charge in [-0.2, -0.15) is 9.97 Å². The van der Waals surface area contributed by atoms with Gasteiger partial charge < -0.3 is 4.42 Å². The van der Waals surface area contributed by atoms with Crippen LogP contribution in [0.2, 0.25) is 0 Å². The summed E-state index contributed by atoms with van der Waals surface area (Å²) in [6.07, 6.45) is 0. The topological polar surface area (TPSA) is 74.6 Å². The van der Waals surface area contributed by atoms with Gasteiger partial charge in [0, 0.05) is 43.9 Å². The molecule has 11 rings (SSSR count). The van der Waals surface area contributed by atoms with Crippen LogP contribution in [0.3, 0.4) is 0 Å². The highest BCUT2D eigenvalue weighted by Crippen LogP contribution is 2.39. The van der Waals surface area contributed by atoms with E-state index in [0.29, 0.717) is 17.6 Å². The van der Waals surface area contributed by atoms with Gasteiger partial charge in [0.25, 0.3) is 0 Å². The van der Waals surface area contributed by atoms with Crippen molar-refractivity contribution in [1.29, 1.82) is 0 Å². The van der Waals surface area contributed by atoms with Crippen molar-refractivity contribution in [1.82, 2.24) is 29.1 Å². The second-order valence-corrected chi connectivity index (χ2v) is 13.1. The van der Waals surface area contributed by atoms with Gasteiger partial charge in [0.15, 0.2) is 11.6 Å². The zero-order chi connectivity index (χ0) is 34.9. The van der Waals surface area contributed by atoms with Crippen LogP contribution in [0.1, 0.15) is 0 Å². The fourth-order valence-electron chi connectivity index (χ4n) is 7.65. The van der Waals surface area contributed by atoms with Crippen LogP contribution in [0.25, 0.3) is 101 Å². The first-order chi connectivity index (χ1) is 26.3. The maximum Gasteiger partial charge on any atom is 0.238 e. The normalized spacial score (nSPS) is 11.8.